The first-order valence-electron chi connectivity index (χ1n) is 9.47. The summed E-state index contributed by atoms with van der Waals surface area (Å²) in [5.74, 6) is 1.73. The van der Waals surface area contributed by atoms with Crippen LogP contribution in [0, 0.1) is 19.8 Å². The Labute approximate surface area is 156 Å². The number of ether oxygens (including phenoxy) is 1. The molecule has 140 valence electrons. The van der Waals surface area contributed by atoms with E-state index in [1.54, 1.807) is 7.11 Å². The molecule has 0 bridgehead atoms. The highest BCUT2D eigenvalue weighted by atomic mass is 16.5. The SMILES string of the molecule is COc1ccc(CCC(=O)N2CCC(Cn3nc(C)cc3C)CC2)cc1. The standard InChI is InChI=1S/C21H29N3O2/c1-16-14-17(2)24(22-16)15-19-10-12-23(13-11-19)21(25)9-6-18-4-7-20(26-3)8-5-18/h4-5,7-8,14,19H,6,9-13,15H2,1-3H3. The third kappa shape index (κ3) is 4.65. The molecule has 0 aliphatic carbocycles. The van der Waals surface area contributed by atoms with E-state index in [0.717, 1.165) is 50.3 Å². The fourth-order valence-corrected chi connectivity index (χ4v) is 3.67. The summed E-state index contributed by atoms with van der Waals surface area (Å²) in [5.41, 5.74) is 3.48. The molecule has 0 unspecified atom stereocenters. The molecule has 1 amide bonds. The van der Waals surface area contributed by atoms with E-state index >= 15 is 0 Å². The number of carbonyl (C=O) groups excluding carboxylic acids is 1. The van der Waals surface area contributed by atoms with Crippen LogP contribution in [0.2, 0.25) is 0 Å². The van der Waals surface area contributed by atoms with Crippen molar-refractivity contribution in [2.24, 2.45) is 5.92 Å². The molecule has 5 nitrogen and oxygen atoms in total. The molecule has 0 radical (unpaired) electrons. The summed E-state index contributed by atoms with van der Waals surface area (Å²) in [6, 6.07) is 10.1. The molecule has 2 heterocycles. The zero-order chi connectivity index (χ0) is 18.5. The number of hydrogen-bond acceptors (Lipinski definition) is 3. The number of methoxy groups -OCH3 is 1. The highest BCUT2D eigenvalue weighted by molar-refractivity contribution is 5.76. The van der Waals surface area contributed by atoms with Gasteiger partial charge in [0.1, 0.15) is 5.75 Å². The molecule has 0 atom stereocenters. The van der Waals surface area contributed by atoms with E-state index in [9.17, 15) is 4.79 Å². The molecule has 1 fully saturated rings. The Morgan fingerprint density at radius 1 is 1.19 bits per heavy atom. The van der Waals surface area contributed by atoms with Crippen molar-refractivity contribution >= 4 is 5.91 Å². The number of nitrogens with zero attached hydrogens (tertiary/aromatic N) is 3. The minimum absolute atomic E-state index is 0.269. The molecule has 1 aromatic carbocycles. The third-order valence-corrected chi connectivity index (χ3v) is 5.29. The van der Waals surface area contributed by atoms with Gasteiger partial charge >= 0.3 is 0 Å². The molecule has 3 rings (SSSR count). The van der Waals surface area contributed by atoms with Crippen LogP contribution in [-0.2, 0) is 17.8 Å². The average Bonchev–Trinajstić information content (AvgIpc) is 2.97. The molecule has 1 aliphatic rings. The number of amides is 1. The van der Waals surface area contributed by atoms with Crippen molar-refractivity contribution in [3.05, 3.63) is 47.3 Å². The van der Waals surface area contributed by atoms with Gasteiger partial charge in [0, 0.05) is 31.7 Å². The van der Waals surface area contributed by atoms with E-state index < -0.39 is 0 Å². The van der Waals surface area contributed by atoms with Gasteiger partial charge in [-0.3, -0.25) is 9.48 Å². The molecular formula is C21H29N3O2. The van der Waals surface area contributed by atoms with Crippen LogP contribution < -0.4 is 4.74 Å². The molecule has 0 spiro atoms. The van der Waals surface area contributed by atoms with Crippen molar-refractivity contribution in [3.8, 4) is 5.75 Å². The minimum Gasteiger partial charge on any atom is -0.497 e. The molecule has 1 aliphatic heterocycles. The fraction of sp³-hybridized carbons (Fsp3) is 0.524. The lowest BCUT2D eigenvalue weighted by Gasteiger charge is -2.32. The smallest absolute Gasteiger partial charge is 0.222 e. The van der Waals surface area contributed by atoms with E-state index in [1.165, 1.54) is 11.3 Å². The molecular weight excluding hydrogens is 326 g/mol. The molecule has 0 saturated carbocycles. The van der Waals surface area contributed by atoms with Gasteiger partial charge in [-0.05, 0) is 62.8 Å². The Hall–Kier alpha value is -2.30. The Morgan fingerprint density at radius 2 is 1.88 bits per heavy atom. The summed E-state index contributed by atoms with van der Waals surface area (Å²) in [7, 11) is 1.66. The van der Waals surface area contributed by atoms with Gasteiger partial charge in [-0.15, -0.1) is 0 Å². The fourth-order valence-electron chi connectivity index (χ4n) is 3.67. The minimum atomic E-state index is 0.269. The predicted molar refractivity (Wildman–Crippen MR) is 102 cm³/mol. The summed E-state index contributed by atoms with van der Waals surface area (Å²) < 4.78 is 7.28. The van der Waals surface area contributed by atoms with Crippen molar-refractivity contribution in [1.29, 1.82) is 0 Å². The highest BCUT2D eigenvalue weighted by Gasteiger charge is 2.23. The first kappa shape index (κ1) is 18.5. The van der Waals surface area contributed by atoms with Crippen LogP contribution in [-0.4, -0.2) is 40.8 Å². The zero-order valence-corrected chi connectivity index (χ0v) is 16.1. The molecule has 0 N–H and O–H groups in total. The number of benzene rings is 1. The molecule has 2 aromatic rings. The topological polar surface area (TPSA) is 47.4 Å². The maximum atomic E-state index is 12.5. The van der Waals surface area contributed by atoms with Crippen molar-refractivity contribution in [3.63, 3.8) is 0 Å². The first-order valence-corrected chi connectivity index (χ1v) is 9.47. The van der Waals surface area contributed by atoms with Crippen molar-refractivity contribution in [1.82, 2.24) is 14.7 Å². The maximum Gasteiger partial charge on any atom is 0.222 e. The van der Waals surface area contributed by atoms with E-state index in [2.05, 4.69) is 22.8 Å². The summed E-state index contributed by atoms with van der Waals surface area (Å²) in [5, 5.41) is 4.56. The predicted octanol–water partition coefficient (Wildman–Crippen LogP) is 3.38. The zero-order valence-electron chi connectivity index (χ0n) is 16.1. The lowest BCUT2D eigenvalue weighted by Crippen LogP contribution is -2.39. The summed E-state index contributed by atoms with van der Waals surface area (Å²) >= 11 is 0. The van der Waals surface area contributed by atoms with Gasteiger partial charge in [0.05, 0.1) is 12.8 Å². The number of rotatable bonds is 6. The van der Waals surface area contributed by atoms with Crippen LogP contribution in [0.1, 0.15) is 36.2 Å². The van der Waals surface area contributed by atoms with Gasteiger partial charge in [0.15, 0.2) is 0 Å². The van der Waals surface area contributed by atoms with Crippen molar-refractivity contribution < 1.29 is 9.53 Å². The van der Waals surface area contributed by atoms with Crippen molar-refractivity contribution in [2.45, 2.75) is 46.1 Å². The second-order valence-electron chi connectivity index (χ2n) is 7.28. The molecule has 1 saturated heterocycles. The summed E-state index contributed by atoms with van der Waals surface area (Å²) in [6.45, 7) is 6.84. The average molecular weight is 355 g/mol. The quantitative estimate of drug-likeness (QED) is 0.798. The normalized spacial score (nSPS) is 15.3. The lowest BCUT2D eigenvalue weighted by atomic mass is 9.96. The summed E-state index contributed by atoms with van der Waals surface area (Å²) in [6.07, 6.45) is 3.49. The maximum absolute atomic E-state index is 12.5. The van der Waals surface area contributed by atoms with Gasteiger partial charge in [-0.2, -0.15) is 5.10 Å². The van der Waals surface area contributed by atoms with Crippen LogP contribution in [0.4, 0.5) is 0 Å². The second kappa shape index (κ2) is 8.39. The number of carbonyl (C=O) groups is 1. The monoisotopic (exact) mass is 355 g/mol. The van der Waals surface area contributed by atoms with Gasteiger partial charge < -0.3 is 9.64 Å². The third-order valence-electron chi connectivity index (χ3n) is 5.29. The molecule has 1 aromatic heterocycles. The Kier molecular flexibility index (Phi) is 5.96. The van der Waals surface area contributed by atoms with Crippen LogP contribution in [0.15, 0.2) is 30.3 Å². The van der Waals surface area contributed by atoms with E-state index in [4.69, 9.17) is 4.74 Å². The van der Waals surface area contributed by atoms with Gasteiger partial charge in [0.2, 0.25) is 5.91 Å². The Bertz CT molecular complexity index is 728. The number of likely N-dealkylation sites (tertiary alicyclic amines) is 1. The first-order chi connectivity index (χ1) is 12.5. The van der Waals surface area contributed by atoms with Gasteiger partial charge in [0.25, 0.3) is 0 Å². The Morgan fingerprint density at radius 3 is 2.46 bits per heavy atom. The molecule has 5 heteroatoms. The Balaban J connectivity index is 1.43. The van der Waals surface area contributed by atoms with Crippen LogP contribution in [0.25, 0.3) is 0 Å². The van der Waals surface area contributed by atoms with Gasteiger partial charge in [-0.25, -0.2) is 0 Å². The number of aromatic nitrogens is 2. The van der Waals surface area contributed by atoms with E-state index in [-0.39, 0.29) is 5.91 Å². The highest BCUT2D eigenvalue weighted by Crippen LogP contribution is 2.21. The van der Waals surface area contributed by atoms with Crippen LogP contribution in [0.3, 0.4) is 0 Å². The van der Waals surface area contributed by atoms with Crippen LogP contribution >= 0.6 is 0 Å². The summed E-state index contributed by atoms with van der Waals surface area (Å²) in [4.78, 5) is 14.5. The number of hydrogen-bond donors (Lipinski definition) is 0. The second-order valence-corrected chi connectivity index (χ2v) is 7.28. The lowest BCUT2D eigenvalue weighted by molar-refractivity contribution is -0.132. The molecule has 26 heavy (non-hydrogen) atoms. The van der Waals surface area contributed by atoms with Crippen molar-refractivity contribution in [2.75, 3.05) is 20.2 Å². The van der Waals surface area contributed by atoms with Gasteiger partial charge in [-0.1, -0.05) is 12.1 Å². The van der Waals surface area contributed by atoms with Crippen LogP contribution in [0.5, 0.6) is 5.75 Å². The van der Waals surface area contributed by atoms with E-state index in [1.807, 2.05) is 36.1 Å². The van der Waals surface area contributed by atoms with E-state index in [0.29, 0.717) is 12.3 Å². The number of aryl methyl sites for hydroxylation is 3. The number of piperidine rings is 1. The largest absolute Gasteiger partial charge is 0.497 e.